The van der Waals surface area contributed by atoms with Crippen molar-refractivity contribution in [3.8, 4) is 11.4 Å². The Balaban J connectivity index is 1.65. The zero-order valence-corrected chi connectivity index (χ0v) is 15.3. The molecule has 0 aliphatic rings. The van der Waals surface area contributed by atoms with Crippen LogP contribution in [0, 0.1) is 0 Å². The number of H-pyrrole nitrogens is 1. The first-order valence-corrected chi connectivity index (χ1v) is 8.77. The number of hydrogen-bond donors (Lipinski definition) is 2. The van der Waals surface area contributed by atoms with Gasteiger partial charge in [-0.2, -0.15) is 10.1 Å². The van der Waals surface area contributed by atoms with Gasteiger partial charge in [0.15, 0.2) is 5.65 Å². The van der Waals surface area contributed by atoms with Gasteiger partial charge in [0.1, 0.15) is 17.7 Å². The number of anilines is 2. The normalized spacial score (nSPS) is 10.9. The predicted molar refractivity (Wildman–Crippen MR) is 107 cm³/mol. The summed E-state index contributed by atoms with van der Waals surface area (Å²) < 4.78 is 12.2. The fourth-order valence-electron chi connectivity index (χ4n) is 2.78. The number of aromatic amines is 1. The van der Waals surface area contributed by atoms with E-state index in [4.69, 9.17) is 9.47 Å². The lowest BCUT2D eigenvalue weighted by molar-refractivity contribution is 0.146. The summed E-state index contributed by atoms with van der Waals surface area (Å²) in [6, 6.07) is 16.9. The van der Waals surface area contributed by atoms with E-state index in [2.05, 4.69) is 20.4 Å². The molecule has 2 N–H and O–H groups in total. The smallest absolute Gasteiger partial charge is 0.263 e. The van der Waals surface area contributed by atoms with Crippen LogP contribution in [0.25, 0.3) is 16.7 Å². The van der Waals surface area contributed by atoms with Crippen molar-refractivity contribution in [2.24, 2.45) is 0 Å². The van der Waals surface area contributed by atoms with E-state index in [1.54, 1.807) is 11.8 Å². The Morgan fingerprint density at radius 1 is 1.11 bits per heavy atom. The molecular formula is C20H19N5O3. The lowest BCUT2D eigenvalue weighted by Gasteiger charge is -2.09. The van der Waals surface area contributed by atoms with E-state index in [0.29, 0.717) is 35.9 Å². The van der Waals surface area contributed by atoms with Crippen molar-refractivity contribution in [1.82, 2.24) is 19.7 Å². The van der Waals surface area contributed by atoms with E-state index < -0.39 is 0 Å². The Bertz CT molecular complexity index is 1140. The molecule has 0 saturated heterocycles. The number of aromatic nitrogens is 4. The summed E-state index contributed by atoms with van der Waals surface area (Å²) in [6.45, 7) is 0.962. The summed E-state index contributed by atoms with van der Waals surface area (Å²) in [7, 11) is 1.62. The molecule has 0 spiro atoms. The maximum atomic E-state index is 12.4. The van der Waals surface area contributed by atoms with E-state index in [-0.39, 0.29) is 5.56 Å². The Kier molecular flexibility index (Phi) is 5.03. The van der Waals surface area contributed by atoms with Gasteiger partial charge in [-0.15, -0.1) is 0 Å². The third-order valence-corrected chi connectivity index (χ3v) is 4.09. The standard InChI is InChI=1S/C20H19N5O3/c1-27-10-11-28-16-9-5-6-14(12-16)22-20-23-18-17(19(26)24-20)13-21-25(18)15-7-3-2-4-8-15/h2-9,12-13H,10-11H2,1H3,(H2,22,23,24,26). The highest BCUT2D eigenvalue weighted by Crippen LogP contribution is 2.21. The summed E-state index contributed by atoms with van der Waals surface area (Å²) >= 11 is 0. The maximum absolute atomic E-state index is 12.4. The van der Waals surface area contributed by atoms with Crippen molar-refractivity contribution in [2.45, 2.75) is 0 Å². The van der Waals surface area contributed by atoms with Crippen molar-refractivity contribution in [2.75, 3.05) is 25.6 Å². The van der Waals surface area contributed by atoms with Crippen LogP contribution in [-0.4, -0.2) is 40.1 Å². The molecule has 0 aliphatic heterocycles. The number of ether oxygens (including phenoxy) is 2. The van der Waals surface area contributed by atoms with E-state index in [9.17, 15) is 4.79 Å². The number of rotatable bonds is 7. The fraction of sp³-hybridized carbons (Fsp3) is 0.150. The van der Waals surface area contributed by atoms with Crippen LogP contribution in [0.2, 0.25) is 0 Å². The van der Waals surface area contributed by atoms with Gasteiger partial charge < -0.3 is 14.8 Å². The fourth-order valence-corrected chi connectivity index (χ4v) is 2.78. The average Bonchev–Trinajstić information content (AvgIpc) is 3.14. The molecule has 4 rings (SSSR count). The third kappa shape index (κ3) is 3.72. The average molecular weight is 377 g/mol. The largest absolute Gasteiger partial charge is 0.491 e. The molecule has 0 fully saturated rings. The van der Waals surface area contributed by atoms with Crippen molar-refractivity contribution >= 4 is 22.7 Å². The number of fused-ring (bicyclic) bond motifs is 1. The van der Waals surface area contributed by atoms with Crippen molar-refractivity contribution in [1.29, 1.82) is 0 Å². The number of nitrogens with one attached hydrogen (secondary N) is 2. The van der Waals surface area contributed by atoms with Crippen LogP contribution < -0.4 is 15.6 Å². The van der Waals surface area contributed by atoms with Crippen LogP contribution in [0.4, 0.5) is 11.6 Å². The Hall–Kier alpha value is -3.65. The van der Waals surface area contributed by atoms with Gasteiger partial charge in [-0.25, -0.2) is 4.68 Å². The minimum Gasteiger partial charge on any atom is -0.491 e. The lowest BCUT2D eigenvalue weighted by Crippen LogP contribution is -2.12. The van der Waals surface area contributed by atoms with Crippen LogP contribution in [0.5, 0.6) is 5.75 Å². The van der Waals surface area contributed by atoms with Crippen LogP contribution in [0.3, 0.4) is 0 Å². The van der Waals surface area contributed by atoms with Crippen LogP contribution in [-0.2, 0) is 4.74 Å². The molecule has 0 amide bonds. The van der Waals surface area contributed by atoms with Crippen molar-refractivity contribution in [3.63, 3.8) is 0 Å². The monoisotopic (exact) mass is 377 g/mol. The highest BCUT2D eigenvalue weighted by molar-refractivity contribution is 5.76. The zero-order chi connectivity index (χ0) is 19.3. The molecule has 142 valence electrons. The molecule has 0 radical (unpaired) electrons. The molecule has 2 aromatic heterocycles. The molecular weight excluding hydrogens is 358 g/mol. The van der Waals surface area contributed by atoms with Crippen molar-refractivity contribution < 1.29 is 9.47 Å². The number of benzene rings is 2. The van der Waals surface area contributed by atoms with Crippen molar-refractivity contribution in [3.05, 3.63) is 71.1 Å². The number of hydrogen-bond acceptors (Lipinski definition) is 6. The number of methoxy groups -OCH3 is 1. The number of nitrogens with zero attached hydrogens (tertiary/aromatic N) is 3. The second-order valence-electron chi connectivity index (χ2n) is 6.04. The lowest BCUT2D eigenvalue weighted by atomic mass is 10.3. The van der Waals surface area contributed by atoms with Gasteiger partial charge in [0.05, 0.1) is 18.5 Å². The van der Waals surface area contributed by atoms with Gasteiger partial charge in [-0.3, -0.25) is 9.78 Å². The quantitative estimate of drug-likeness (QED) is 0.481. The summed E-state index contributed by atoms with van der Waals surface area (Å²) in [5, 5.41) is 7.84. The first kappa shape index (κ1) is 17.7. The molecule has 8 heteroatoms. The molecule has 0 atom stereocenters. The predicted octanol–water partition coefficient (Wildman–Crippen LogP) is 2.88. The Morgan fingerprint density at radius 3 is 2.79 bits per heavy atom. The molecule has 0 saturated carbocycles. The topological polar surface area (TPSA) is 94.1 Å². The van der Waals surface area contributed by atoms with Crippen LogP contribution >= 0.6 is 0 Å². The molecule has 0 aliphatic carbocycles. The second kappa shape index (κ2) is 7.93. The summed E-state index contributed by atoms with van der Waals surface area (Å²) in [5.41, 5.74) is 1.78. The van der Waals surface area contributed by atoms with Crippen LogP contribution in [0.1, 0.15) is 0 Å². The number of para-hydroxylation sites is 1. The summed E-state index contributed by atoms with van der Waals surface area (Å²) in [5.74, 6) is 1.02. The van der Waals surface area contributed by atoms with E-state index in [1.807, 2.05) is 54.6 Å². The minimum absolute atomic E-state index is 0.262. The minimum atomic E-state index is -0.262. The molecule has 4 aromatic rings. The Morgan fingerprint density at radius 2 is 1.96 bits per heavy atom. The van der Waals surface area contributed by atoms with Gasteiger partial charge in [0.2, 0.25) is 5.95 Å². The van der Waals surface area contributed by atoms with Crippen LogP contribution in [0.15, 0.2) is 65.6 Å². The molecule has 8 nitrogen and oxygen atoms in total. The first-order chi connectivity index (χ1) is 13.7. The molecule has 0 unspecified atom stereocenters. The molecule has 2 heterocycles. The molecule has 28 heavy (non-hydrogen) atoms. The third-order valence-electron chi connectivity index (χ3n) is 4.09. The van der Waals surface area contributed by atoms with Gasteiger partial charge in [0.25, 0.3) is 5.56 Å². The van der Waals surface area contributed by atoms with E-state index in [0.717, 1.165) is 11.4 Å². The van der Waals surface area contributed by atoms with Gasteiger partial charge >= 0.3 is 0 Å². The summed E-state index contributed by atoms with van der Waals surface area (Å²) in [4.78, 5) is 19.7. The van der Waals surface area contributed by atoms with E-state index >= 15 is 0 Å². The highest BCUT2D eigenvalue weighted by Gasteiger charge is 2.11. The maximum Gasteiger partial charge on any atom is 0.263 e. The first-order valence-electron chi connectivity index (χ1n) is 8.77. The van der Waals surface area contributed by atoms with Gasteiger partial charge in [0, 0.05) is 18.9 Å². The SMILES string of the molecule is COCCOc1cccc(Nc2nc3c(cnn3-c3ccccc3)c(=O)[nH]2)c1. The van der Waals surface area contributed by atoms with Gasteiger partial charge in [-0.05, 0) is 24.3 Å². The van der Waals surface area contributed by atoms with Gasteiger partial charge in [-0.1, -0.05) is 24.3 Å². The Labute approximate surface area is 160 Å². The second-order valence-corrected chi connectivity index (χ2v) is 6.04. The summed E-state index contributed by atoms with van der Waals surface area (Å²) in [6.07, 6.45) is 1.52. The molecule has 0 bridgehead atoms. The zero-order valence-electron chi connectivity index (χ0n) is 15.3. The van der Waals surface area contributed by atoms with E-state index in [1.165, 1.54) is 6.20 Å². The molecule has 2 aromatic carbocycles. The highest BCUT2D eigenvalue weighted by atomic mass is 16.5.